The van der Waals surface area contributed by atoms with Crippen LogP contribution in [-0.2, 0) is 4.74 Å². The van der Waals surface area contributed by atoms with E-state index in [0.29, 0.717) is 5.92 Å². The Morgan fingerprint density at radius 1 is 1.24 bits per heavy atom. The summed E-state index contributed by atoms with van der Waals surface area (Å²) in [4.78, 5) is 0. The largest absolute Gasteiger partial charge is 0.375 e. The molecule has 3 rings (SSSR count). The predicted molar refractivity (Wildman–Crippen MR) is 68.6 cm³/mol. The lowest BCUT2D eigenvalue weighted by molar-refractivity contribution is -0.146. The van der Waals surface area contributed by atoms with Crippen molar-refractivity contribution < 1.29 is 4.74 Å². The molecule has 1 saturated heterocycles. The lowest BCUT2D eigenvalue weighted by atomic mass is 9.70. The lowest BCUT2D eigenvalue weighted by Gasteiger charge is -2.48. The highest BCUT2D eigenvalue weighted by atomic mass is 16.5. The zero-order valence-corrected chi connectivity index (χ0v) is 10.3. The van der Waals surface area contributed by atoms with E-state index in [1.54, 1.807) is 0 Å². The lowest BCUT2D eigenvalue weighted by Crippen LogP contribution is -2.47. The fourth-order valence-corrected chi connectivity index (χ4v) is 3.24. The second-order valence-electron chi connectivity index (χ2n) is 5.57. The van der Waals surface area contributed by atoms with Crippen LogP contribution in [0.3, 0.4) is 0 Å². The van der Waals surface area contributed by atoms with E-state index in [9.17, 15) is 0 Å². The molecule has 2 heteroatoms. The number of hydrogen-bond acceptors (Lipinski definition) is 2. The summed E-state index contributed by atoms with van der Waals surface area (Å²) >= 11 is 0. The fraction of sp³-hybridized carbons (Fsp3) is 0.600. The minimum absolute atomic E-state index is 0.178. The van der Waals surface area contributed by atoms with Gasteiger partial charge in [-0.2, -0.15) is 0 Å². The summed E-state index contributed by atoms with van der Waals surface area (Å²) in [6.07, 6.45) is 6.07. The summed E-state index contributed by atoms with van der Waals surface area (Å²) < 4.78 is 5.96. The molecular formula is C15H21NO. The van der Waals surface area contributed by atoms with Crippen LogP contribution in [0.4, 0.5) is 0 Å². The number of rotatable bonds is 2. The van der Waals surface area contributed by atoms with E-state index < -0.39 is 0 Å². The summed E-state index contributed by atoms with van der Waals surface area (Å²) in [5.74, 6) is 0.589. The SMILES string of the molecule is NC(c1ccccc1)C1CCOC2(CCC2)C1. The zero-order chi connectivity index (χ0) is 11.7. The molecule has 0 aromatic heterocycles. The molecule has 2 fully saturated rings. The molecule has 0 bridgehead atoms. The van der Waals surface area contributed by atoms with Gasteiger partial charge in [0.05, 0.1) is 5.60 Å². The van der Waals surface area contributed by atoms with Crippen LogP contribution >= 0.6 is 0 Å². The van der Waals surface area contributed by atoms with E-state index in [-0.39, 0.29) is 11.6 Å². The van der Waals surface area contributed by atoms with Crippen LogP contribution in [0.5, 0.6) is 0 Å². The second kappa shape index (κ2) is 4.43. The molecule has 1 aliphatic carbocycles. The molecule has 2 nitrogen and oxygen atoms in total. The molecule has 1 heterocycles. The maximum Gasteiger partial charge on any atom is 0.0686 e. The summed E-state index contributed by atoms with van der Waals surface area (Å²) in [6.45, 7) is 0.894. The highest BCUT2D eigenvalue weighted by Crippen LogP contribution is 2.46. The Morgan fingerprint density at radius 2 is 2.00 bits per heavy atom. The Labute approximate surface area is 103 Å². The Kier molecular flexibility index (Phi) is 2.93. The first-order valence-corrected chi connectivity index (χ1v) is 6.74. The van der Waals surface area contributed by atoms with Crippen LogP contribution in [-0.4, -0.2) is 12.2 Å². The number of ether oxygens (including phenoxy) is 1. The highest BCUT2D eigenvalue weighted by molar-refractivity contribution is 5.19. The maximum absolute atomic E-state index is 6.41. The van der Waals surface area contributed by atoms with E-state index in [2.05, 4.69) is 24.3 Å². The molecule has 0 radical (unpaired) electrons. The van der Waals surface area contributed by atoms with Crippen LogP contribution in [0, 0.1) is 5.92 Å². The minimum Gasteiger partial charge on any atom is -0.375 e. The van der Waals surface area contributed by atoms with Crippen molar-refractivity contribution in [1.29, 1.82) is 0 Å². The first kappa shape index (κ1) is 11.2. The van der Waals surface area contributed by atoms with Crippen LogP contribution in [0.15, 0.2) is 30.3 Å². The monoisotopic (exact) mass is 231 g/mol. The summed E-state index contributed by atoms with van der Waals surface area (Å²) in [5, 5.41) is 0. The van der Waals surface area contributed by atoms with Crippen molar-refractivity contribution in [1.82, 2.24) is 0 Å². The molecule has 1 aromatic carbocycles. The van der Waals surface area contributed by atoms with Crippen molar-refractivity contribution in [3.05, 3.63) is 35.9 Å². The van der Waals surface area contributed by atoms with Gasteiger partial charge >= 0.3 is 0 Å². The van der Waals surface area contributed by atoms with Gasteiger partial charge in [0.25, 0.3) is 0 Å². The predicted octanol–water partition coefficient (Wildman–Crippen LogP) is 3.04. The van der Waals surface area contributed by atoms with Crippen molar-refractivity contribution in [2.75, 3.05) is 6.61 Å². The van der Waals surface area contributed by atoms with Crippen LogP contribution < -0.4 is 5.73 Å². The molecule has 2 atom stereocenters. The molecule has 1 spiro atoms. The first-order valence-electron chi connectivity index (χ1n) is 6.74. The molecule has 1 saturated carbocycles. The third-order valence-electron chi connectivity index (χ3n) is 4.49. The number of benzene rings is 1. The third kappa shape index (κ3) is 2.12. The third-order valence-corrected chi connectivity index (χ3v) is 4.49. The molecular weight excluding hydrogens is 210 g/mol. The topological polar surface area (TPSA) is 35.2 Å². The van der Waals surface area contributed by atoms with E-state index in [4.69, 9.17) is 10.5 Å². The molecule has 1 aromatic rings. The summed E-state index contributed by atoms with van der Waals surface area (Å²) in [7, 11) is 0. The average molecular weight is 231 g/mol. The summed E-state index contributed by atoms with van der Waals surface area (Å²) in [6, 6.07) is 10.7. The van der Waals surface area contributed by atoms with Crippen molar-refractivity contribution in [3.8, 4) is 0 Å². The normalized spacial score (nSPS) is 28.6. The van der Waals surface area contributed by atoms with Gasteiger partial charge in [0.15, 0.2) is 0 Å². The molecule has 17 heavy (non-hydrogen) atoms. The van der Waals surface area contributed by atoms with Crippen LogP contribution in [0.25, 0.3) is 0 Å². The number of nitrogens with two attached hydrogens (primary N) is 1. The van der Waals surface area contributed by atoms with Gasteiger partial charge in [0, 0.05) is 12.6 Å². The Bertz CT molecular complexity index is 372. The molecule has 2 unspecified atom stereocenters. The van der Waals surface area contributed by atoms with Gasteiger partial charge in [0.2, 0.25) is 0 Å². The van der Waals surface area contributed by atoms with Gasteiger partial charge in [-0.05, 0) is 43.6 Å². The smallest absolute Gasteiger partial charge is 0.0686 e. The van der Waals surface area contributed by atoms with Crippen molar-refractivity contribution in [2.45, 2.75) is 43.7 Å². The molecule has 2 N–H and O–H groups in total. The Morgan fingerprint density at radius 3 is 2.65 bits per heavy atom. The van der Waals surface area contributed by atoms with E-state index in [0.717, 1.165) is 19.4 Å². The van der Waals surface area contributed by atoms with Gasteiger partial charge in [-0.15, -0.1) is 0 Å². The van der Waals surface area contributed by atoms with E-state index in [1.807, 2.05) is 6.07 Å². The Balaban J connectivity index is 1.71. The van der Waals surface area contributed by atoms with Gasteiger partial charge in [-0.1, -0.05) is 30.3 Å². The van der Waals surface area contributed by atoms with Crippen LogP contribution in [0.1, 0.15) is 43.7 Å². The number of hydrogen-bond donors (Lipinski definition) is 1. The molecule has 2 aliphatic rings. The highest BCUT2D eigenvalue weighted by Gasteiger charge is 2.43. The van der Waals surface area contributed by atoms with Gasteiger partial charge in [-0.3, -0.25) is 0 Å². The molecule has 0 amide bonds. The van der Waals surface area contributed by atoms with Gasteiger partial charge in [0.1, 0.15) is 0 Å². The fourth-order valence-electron chi connectivity index (χ4n) is 3.24. The molecule has 1 aliphatic heterocycles. The van der Waals surface area contributed by atoms with Gasteiger partial charge < -0.3 is 10.5 Å². The van der Waals surface area contributed by atoms with E-state index >= 15 is 0 Å². The minimum atomic E-state index is 0.178. The standard InChI is InChI=1S/C15H21NO/c16-14(12-5-2-1-3-6-12)13-7-10-17-15(11-13)8-4-9-15/h1-3,5-6,13-14H,4,7-11,16H2. The van der Waals surface area contributed by atoms with Crippen molar-refractivity contribution >= 4 is 0 Å². The quantitative estimate of drug-likeness (QED) is 0.849. The van der Waals surface area contributed by atoms with Crippen molar-refractivity contribution in [3.63, 3.8) is 0 Å². The summed E-state index contributed by atoms with van der Waals surface area (Å²) in [5.41, 5.74) is 7.89. The first-order chi connectivity index (χ1) is 8.29. The molecule has 92 valence electrons. The van der Waals surface area contributed by atoms with Gasteiger partial charge in [-0.25, -0.2) is 0 Å². The zero-order valence-electron chi connectivity index (χ0n) is 10.3. The van der Waals surface area contributed by atoms with Crippen LogP contribution in [0.2, 0.25) is 0 Å². The second-order valence-corrected chi connectivity index (χ2v) is 5.57. The van der Waals surface area contributed by atoms with Crippen molar-refractivity contribution in [2.24, 2.45) is 11.7 Å². The van der Waals surface area contributed by atoms with E-state index in [1.165, 1.54) is 24.8 Å². The Hall–Kier alpha value is -0.860. The maximum atomic E-state index is 6.41. The average Bonchev–Trinajstić information content (AvgIpc) is 2.37.